The Morgan fingerprint density at radius 1 is 0.821 bits per heavy atom. The number of benzene rings is 3. The fourth-order valence-electron chi connectivity index (χ4n) is 3.14. The molecule has 1 aromatic heterocycles. The molecule has 4 aromatic rings. The molecule has 4 rings (SSSR count). The van der Waals surface area contributed by atoms with E-state index < -0.39 is 0 Å². The lowest BCUT2D eigenvalue weighted by atomic mass is 10.1. The van der Waals surface area contributed by atoms with E-state index in [2.05, 4.69) is 10.4 Å². The highest BCUT2D eigenvalue weighted by molar-refractivity contribution is 6.11. The monoisotopic (exact) mass is 367 g/mol. The first-order valence-corrected chi connectivity index (χ1v) is 9.22. The van der Waals surface area contributed by atoms with Crippen molar-refractivity contribution in [2.75, 3.05) is 5.32 Å². The molecule has 0 spiro atoms. The molecule has 0 aliphatic heterocycles. The zero-order valence-electron chi connectivity index (χ0n) is 15.9. The number of aryl methyl sites for hydroxylation is 1. The van der Waals surface area contributed by atoms with Crippen LogP contribution in [0.5, 0.6) is 0 Å². The molecule has 0 saturated heterocycles. The Hall–Kier alpha value is -3.66. The number of hydrogen-bond donors (Lipinski definition) is 1. The summed E-state index contributed by atoms with van der Waals surface area (Å²) >= 11 is 0. The molecule has 3 aromatic carbocycles. The number of rotatable bonds is 5. The van der Waals surface area contributed by atoms with E-state index in [1.54, 1.807) is 0 Å². The fourth-order valence-corrected chi connectivity index (χ4v) is 3.14. The van der Waals surface area contributed by atoms with Crippen molar-refractivity contribution in [2.24, 2.45) is 0 Å². The van der Waals surface area contributed by atoms with Crippen LogP contribution in [0.15, 0.2) is 84.9 Å². The van der Waals surface area contributed by atoms with Gasteiger partial charge in [-0.15, -0.1) is 0 Å². The van der Waals surface area contributed by atoms with Crippen LogP contribution in [-0.2, 0) is 0 Å². The van der Waals surface area contributed by atoms with E-state index in [0.29, 0.717) is 11.3 Å². The number of anilines is 2. The van der Waals surface area contributed by atoms with Crippen molar-refractivity contribution in [1.82, 2.24) is 9.78 Å². The van der Waals surface area contributed by atoms with Gasteiger partial charge in [0, 0.05) is 11.3 Å². The summed E-state index contributed by atoms with van der Waals surface area (Å²) in [5, 5.41) is 8.08. The standard InChI is InChI=1S/C24H21N3O/c1-17-13-15-21(16-14-17)27-18(2)22(25-20-11-7-4-8-12-20)23(26-27)24(28)19-9-5-3-6-10-19/h3-16,25H,1-2H3. The van der Waals surface area contributed by atoms with Gasteiger partial charge in [-0.3, -0.25) is 4.79 Å². The van der Waals surface area contributed by atoms with E-state index in [9.17, 15) is 4.79 Å². The first-order valence-electron chi connectivity index (χ1n) is 9.22. The molecular formula is C24H21N3O. The van der Waals surface area contributed by atoms with Crippen LogP contribution in [0.25, 0.3) is 5.69 Å². The lowest BCUT2D eigenvalue weighted by Crippen LogP contribution is -2.06. The number of para-hydroxylation sites is 1. The minimum atomic E-state index is -0.104. The average Bonchev–Trinajstić information content (AvgIpc) is 3.06. The Balaban J connectivity index is 1.84. The van der Waals surface area contributed by atoms with E-state index in [0.717, 1.165) is 22.8 Å². The van der Waals surface area contributed by atoms with Crippen LogP contribution in [0.1, 0.15) is 27.3 Å². The number of ketones is 1. The highest BCUT2D eigenvalue weighted by Gasteiger charge is 2.22. The van der Waals surface area contributed by atoms with Crippen molar-refractivity contribution < 1.29 is 4.79 Å². The first-order chi connectivity index (χ1) is 13.6. The van der Waals surface area contributed by atoms with E-state index in [4.69, 9.17) is 0 Å². The van der Waals surface area contributed by atoms with Crippen molar-refractivity contribution in [3.8, 4) is 5.69 Å². The second kappa shape index (κ2) is 7.53. The number of aromatic nitrogens is 2. The number of nitrogens with zero attached hydrogens (tertiary/aromatic N) is 2. The largest absolute Gasteiger partial charge is 0.352 e. The Bertz CT molecular complexity index is 1100. The molecule has 0 unspecified atom stereocenters. The van der Waals surface area contributed by atoms with E-state index in [-0.39, 0.29) is 5.78 Å². The molecule has 138 valence electrons. The molecule has 0 bridgehead atoms. The second-order valence-electron chi connectivity index (χ2n) is 6.74. The van der Waals surface area contributed by atoms with E-state index in [1.807, 2.05) is 103 Å². The molecular weight excluding hydrogens is 346 g/mol. The van der Waals surface area contributed by atoms with Crippen LogP contribution in [0.4, 0.5) is 11.4 Å². The molecule has 0 amide bonds. The maximum absolute atomic E-state index is 13.2. The quantitative estimate of drug-likeness (QED) is 0.476. The SMILES string of the molecule is Cc1ccc(-n2nc(C(=O)c3ccccc3)c(Nc3ccccc3)c2C)cc1. The third-order valence-electron chi connectivity index (χ3n) is 4.69. The molecule has 0 atom stereocenters. The Morgan fingerprint density at radius 3 is 2.07 bits per heavy atom. The third kappa shape index (κ3) is 3.45. The van der Waals surface area contributed by atoms with Gasteiger partial charge in [-0.25, -0.2) is 4.68 Å². The van der Waals surface area contributed by atoms with Gasteiger partial charge in [-0.2, -0.15) is 5.10 Å². The van der Waals surface area contributed by atoms with Crippen molar-refractivity contribution >= 4 is 17.2 Å². The highest BCUT2D eigenvalue weighted by Crippen LogP contribution is 2.28. The average molecular weight is 367 g/mol. The summed E-state index contributed by atoms with van der Waals surface area (Å²) in [6.45, 7) is 4.02. The summed E-state index contributed by atoms with van der Waals surface area (Å²) in [6, 6.07) is 27.2. The number of nitrogens with one attached hydrogen (secondary N) is 1. The summed E-state index contributed by atoms with van der Waals surface area (Å²) in [6.07, 6.45) is 0. The van der Waals surface area contributed by atoms with Gasteiger partial charge >= 0.3 is 0 Å². The van der Waals surface area contributed by atoms with Gasteiger partial charge in [0.1, 0.15) is 0 Å². The molecule has 0 radical (unpaired) electrons. The van der Waals surface area contributed by atoms with Gasteiger partial charge in [0.05, 0.1) is 17.1 Å². The maximum Gasteiger partial charge on any atom is 0.215 e. The normalized spacial score (nSPS) is 10.6. The smallest absolute Gasteiger partial charge is 0.215 e. The molecule has 4 heteroatoms. The van der Waals surface area contributed by atoms with Crippen LogP contribution in [0, 0.1) is 13.8 Å². The van der Waals surface area contributed by atoms with Gasteiger partial charge in [0.15, 0.2) is 5.69 Å². The van der Waals surface area contributed by atoms with Gasteiger partial charge in [-0.1, -0.05) is 66.2 Å². The van der Waals surface area contributed by atoms with Crippen molar-refractivity contribution in [1.29, 1.82) is 0 Å². The minimum absolute atomic E-state index is 0.104. The fraction of sp³-hybridized carbons (Fsp3) is 0.0833. The lowest BCUT2D eigenvalue weighted by Gasteiger charge is -2.08. The number of carbonyl (C=O) groups is 1. The van der Waals surface area contributed by atoms with Crippen molar-refractivity contribution in [3.05, 3.63) is 107 Å². The number of hydrogen-bond acceptors (Lipinski definition) is 3. The topological polar surface area (TPSA) is 46.9 Å². The molecule has 0 fully saturated rings. The van der Waals surface area contributed by atoms with Gasteiger partial charge in [-0.05, 0) is 38.1 Å². The molecule has 0 saturated carbocycles. The second-order valence-corrected chi connectivity index (χ2v) is 6.74. The van der Waals surface area contributed by atoms with Crippen molar-refractivity contribution in [3.63, 3.8) is 0 Å². The van der Waals surface area contributed by atoms with Gasteiger partial charge in [0.25, 0.3) is 0 Å². The third-order valence-corrected chi connectivity index (χ3v) is 4.69. The van der Waals surface area contributed by atoms with Gasteiger partial charge < -0.3 is 5.32 Å². The maximum atomic E-state index is 13.2. The zero-order valence-corrected chi connectivity index (χ0v) is 15.9. The van der Waals surface area contributed by atoms with Gasteiger partial charge in [0.2, 0.25) is 5.78 Å². The van der Waals surface area contributed by atoms with E-state index in [1.165, 1.54) is 5.56 Å². The van der Waals surface area contributed by atoms with Crippen LogP contribution in [0.2, 0.25) is 0 Å². The minimum Gasteiger partial charge on any atom is -0.352 e. The summed E-state index contributed by atoms with van der Waals surface area (Å²) in [5.74, 6) is -0.104. The summed E-state index contributed by atoms with van der Waals surface area (Å²) in [4.78, 5) is 13.2. The highest BCUT2D eigenvalue weighted by atomic mass is 16.1. The van der Waals surface area contributed by atoms with Crippen LogP contribution in [-0.4, -0.2) is 15.6 Å². The molecule has 1 N–H and O–H groups in total. The summed E-state index contributed by atoms with van der Waals surface area (Å²) in [7, 11) is 0. The lowest BCUT2D eigenvalue weighted by molar-refractivity contribution is 0.103. The van der Waals surface area contributed by atoms with Crippen molar-refractivity contribution in [2.45, 2.75) is 13.8 Å². The zero-order chi connectivity index (χ0) is 19.5. The molecule has 0 aliphatic rings. The molecule has 1 heterocycles. The van der Waals surface area contributed by atoms with Crippen LogP contribution in [0.3, 0.4) is 0 Å². The predicted octanol–water partition coefficient (Wildman–Crippen LogP) is 5.46. The Labute approximate surface area is 164 Å². The molecule has 0 aliphatic carbocycles. The number of carbonyl (C=O) groups excluding carboxylic acids is 1. The molecule has 4 nitrogen and oxygen atoms in total. The summed E-state index contributed by atoms with van der Waals surface area (Å²) in [5.41, 5.74) is 5.65. The van der Waals surface area contributed by atoms with E-state index >= 15 is 0 Å². The predicted molar refractivity (Wildman–Crippen MR) is 113 cm³/mol. The Morgan fingerprint density at radius 2 is 1.43 bits per heavy atom. The van der Waals surface area contributed by atoms with Crippen LogP contribution >= 0.6 is 0 Å². The first kappa shape index (κ1) is 17.7. The van der Waals surface area contributed by atoms with Crippen LogP contribution < -0.4 is 5.32 Å². The summed E-state index contributed by atoms with van der Waals surface area (Å²) < 4.78 is 1.82. The Kier molecular flexibility index (Phi) is 4.77. The molecule has 28 heavy (non-hydrogen) atoms.